The first-order valence-corrected chi connectivity index (χ1v) is 7.77. The van der Waals surface area contributed by atoms with Gasteiger partial charge in [-0.1, -0.05) is 5.16 Å². The summed E-state index contributed by atoms with van der Waals surface area (Å²) in [5, 5.41) is 4.00. The number of amides is 1. The minimum absolute atomic E-state index is 0.0272. The van der Waals surface area contributed by atoms with Crippen molar-refractivity contribution in [3.8, 4) is 0 Å². The monoisotopic (exact) mass is 349 g/mol. The van der Waals surface area contributed by atoms with Crippen molar-refractivity contribution in [3.63, 3.8) is 0 Å². The molecule has 0 aromatic carbocycles. The Hall–Kier alpha value is -1.69. The van der Waals surface area contributed by atoms with Crippen LogP contribution in [0.2, 0.25) is 0 Å². The number of hydrogen-bond acceptors (Lipinski definition) is 4. The number of pyridine rings is 1. The number of aromatic nitrogens is 2. The summed E-state index contributed by atoms with van der Waals surface area (Å²) in [7, 11) is 0. The van der Waals surface area contributed by atoms with Gasteiger partial charge >= 0.3 is 0 Å². The lowest BCUT2D eigenvalue weighted by Crippen LogP contribution is -2.37. The van der Waals surface area contributed by atoms with E-state index in [4.69, 9.17) is 4.52 Å². The molecule has 0 unspecified atom stereocenters. The van der Waals surface area contributed by atoms with E-state index in [-0.39, 0.29) is 17.7 Å². The maximum Gasteiger partial charge on any atom is 0.298 e. The molecule has 3 rings (SSSR count). The zero-order valence-corrected chi connectivity index (χ0v) is 13.5. The van der Waals surface area contributed by atoms with Gasteiger partial charge in [-0.15, -0.1) is 0 Å². The second kappa shape index (κ2) is 5.60. The molecule has 2 aromatic heterocycles. The summed E-state index contributed by atoms with van der Waals surface area (Å²) < 4.78 is 6.10. The van der Waals surface area contributed by atoms with Gasteiger partial charge in [0.1, 0.15) is 5.82 Å². The summed E-state index contributed by atoms with van der Waals surface area (Å²) in [6.07, 6.45) is 3.93. The Morgan fingerprint density at radius 2 is 2.19 bits per heavy atom. The third-order valence-corrected chi connectivity index (χ3v) is 3.90. The van der Waals surface area contributed by atoms with E-state index in [1.165, 1.54) is 0 Å². The van der Waals surface area contributed by atoms with Gasteiger partial charge in [-0.2, -0.15) is 0 Å². The van der Waals surface area contributed by atoms with Crippen LogP contribution in [0.3, 0.4) is 0 Å². The molecule has 0 N–H and O–H groups in total. The van der Waals surface area contributed by atoms with Crippen molar-refractivity contribution in [1.29, 1.82) is 0 Å². The summed E-state index contributed by atoms with van der Waals surface area (Å²) in [6, 6.07) is 5.40. The van der Waals surface area contributed by atoms with Crippen LogP contribution < -0.4 is 4.90 Å². The first-order valence-electron chi connectivity index (χ1n) is 6.98. The van der Waals surface area contributed by atoms with E-state index in [9.17, 15) is 4.79 Å². The highest BCUT2D eigenvalue weighted by Crippen LogP contribution is 2.39. The topological polar surface area (TPSA) is 59.2 Å². The fourth-order valence-corrected chi connectivity index (χ4v) is 2.43. The molecule has 0 bridgehead atoms. The summed E-state index contributed by atoms with van der Waals surface area (Å²) in [5.41, 5.74) is 0.880. The number of halogens is 1. The van der Waals surface area contributed by atoms with Crippen LogP contribution in [0.1, 0.15) is 48.9 Å². The second-order valence-corrected chi connectivity index (χ2v) is 6.41. The summed E-state index contributed by atoms with van der Waals surface area (Å²) in [6.45, 7) is 3.89. The normalized spacial score (nSPS) is 14.5. The van der Waals surface area contributed by atoms with Crippen molar-refractivity contribution in [1.82, 2.24) is 10.1 Å². The quantitative estimate of drug-likeness (QED) is 0.842. The Bertz CT molecular complexity index is 647. The minimum atomic E-state index is -0.209. The lowest BCUT2D eigenvalue weighted by atomic mass is 10.2. The molecule has 5 nitrogen and oxygen atoms in total. The van der Waals surface area contributed by atoms with Crippen molar-refractivity contribution in [2.24, 2.45) is 0 Å². The molecule has 0 saturated heterocycles. The molecular weight excluding hydrogens is 334 g/mol. The molecule has 2 aromatic rings. The van der Waals surface area contributed by atoms with E-state index >= 15 is 0 Å². The molecule has 0 radical (unpaired) electrons. The third-order valence-electron chi connectivity index (χ3n) is 3.43. The Balaban J connectivity index is 1.88. The lowest BCUT2D eigenvalue weighted by Gasteiger charge is -2.24. The van der Waals surface area contributed by atoms with Crippen LogP contribution in [0.15, 0.2) is 33.4 Å². The van der Waals surface area contributed by atoms with Gasteiger partial charge in [-0.3, -0.25) is 9.69 Å². The van der Waals surface area contributed by atoms with Gasteiger partial charge < -0.3 is 4.52 Å². The first-order chi connectivity index (χ1) is 10.1. The van der Waals surface area contributed by atoms with E-state index in [2.05, 4.69) is 26.1 Å². The Kier molecular flexibility index (Phi) is 3.80. The Morgan fingerprint density at radius 3 is 2.76 bits per heavy atom. The highest BCUT2D eigenvalue weighted by molar-refractivity contribution is 9.10. The zero-order chi connectivity index (χ0) is 15.0. The van der Waals surface area contributed by atoms with E-state index in [1.54, 1.807) is 23.2 Å². The highest BCUT2D eigenvalue weighted by atomic mass is 79.9. The first kappa shape index (κ1) is 14.3. The number of carbonyl (C=O) groups is 1. The van der Waals surface area contributed by atoms with Crippen LogP contribution in [0, 0.1) is 0 Å². The van der Waals surface area contributed by atoms with E-state index in [0.717, 1.165) is 23.0 Å². The molecule has 2 heterocycles. The number of rotatable bonds is 4. The number of nitrogens with zero attached hydrogens (tertiary/aromatic N) is 3. The molecule has 110 valence electrons. The number of anilines is 1. The van der Waals surface area contributed by atoms with Gasteiger partial charge in [0.15, 0.2) is 0 Å². The van der Waals surface area contributed by atoms with Gasteiger partial charge in [0.2, 0.25) is 5.76 Å². The van der Waals surface area contributed by atoms with Crippen molar-refractivity contribution < 1.29 is 9.32 Å². The van der Waals surface area contributed by atoms with Crippen molar-refractivity contribution >= 4 is 27.7 Å². The number of hydrogen-bond donors (Lipinski definition) is 0. The van der Waals surface area contributed by atoms with E-state index in [1.807, 2.05) is 19.9 Å². The van der Waals surface area contributed by atoms with Crippen molar-refractivity contribution in [3.05, 3.63) is 40.3 Å². The maximum atomic E-state index is 12.7. The largest absolute Gasteiger partial charge is 0.351 e. The molecule has 0 spiro atoms. The van der Waals surface area contributed by atoms with Crippen LogP contribution in [0.25, 0.3) is 0 Å². The standard InChI is InChI=1S/C15H16BrN3O2/c1-9(2)19(14-6-5-11(16)8-17-14)15(20)13-7-12(18-21-13)10-3-4-10/h5-10H,3-4H2,1-2H3. The summed E-state index contributed by atoms with van der Waals surface area (Å²) >= 11 is 3.35. The molecule has 1 aliphatic rings. The zero-order valence-electron chi connectivity index (χ0n) is 11.9. The molecule has 0 aliphatic heterocycles. The van der Waals surface area contributed by atoms with Gasteiger partial charge in [0.25, 0.3) is 5.91 Å². The molecule has 1 saturated carbocycles. The van der Waals surface area contributed by atoms with Gasteiger partial charge in [0.05, 0.1) is 5.69 Å². The van der Waals surface area contributed by atoms with E-state index < -0.39 is 0 Å². The molecular formula is C15H16BrN3O2. The summed E-state index contributed by atoms with van der Waals surface area (Å²) in [4.78, 5) is 18.6. The molecule has 1 amide bonds. The predicted octanol–water partition coefficient (Wildman–Crippen LogP) is 3.76. The SMILES string of the molecule is CC(C)N(C(=O)c1cc(C2CC2)no1)c1ccc(Br)cn1. The van der Waals surface area contributed by atoms with Crippen LogP contribution >= 0.6 is 15.9 Å². The molecule has 1 fully saturated rings. The van der Waals surface area contributed by atoms with Crippen molar-refractivity contribution in [2.75, 3.05) is 4.90 Å². The molecule has 21 heavy (non-hydrogen) atoms. The predicted molar refractivity (Wildman–Crippen MR) is 82.4 cm³/mol. The van der Waals surface area contributed by atoms with Crippen LogP contribution in [-0.2, 0) is 0 Å². The fraction of sp³-hybridized carbons (Fsp3) is 0.400. The van der Waals surface area contributed by atoms with Crippen LogP contribution in [0.5, 0.6) is 0 Å². The Morgan fingerprint density at radius 1 is 1.43 bits per heavy atom. The minimum Gasteiger partial charge on any atom is -0.351 e. The van der Waals surface area contributed by atoms with Crippen LogP contribution in [-0.4, -0.2) is 22.1 Å². The molecule has 6 heteroatoms. The summed E-state index contributed by atoms with van der Waals surface area (Å²) in [5.74, 6) is 1.13. The number of carbonyl (C=O) groups excluding carboxylic acids is 1. The fourth-order valence-electron chi connectivity index (χ4n) is 2.19. The highest BCUT2D eigenvalue weighted by Gasteiger charge is 2.30. The maximum absolute atomic E-state index is 12.7. The average molecular weight is 350 g/mol. The van der Waals surface area contributed by atoms with Gasteiger partial charge in [-0.05, 0) is 54.8 Å². The van der Waals surface area contributed by atoms with Gasteiger partial charge in [-0.25, -0.2) is 4.98 Å². The second-order valence-electron chi connectivity index (χ2n) is 5.49. The molecule has 1 aliphatic carbocycles. The van der Waals surface area contributed by atoms with E-state index in [0.29, 0.717) is 11.7 Å². The third kappa shape index (κ3) is 3.00. The lowest BCUT2D eigenvalue weighted by molar-refractivity contribution is 0.0943. The Labute approximate surface area is 131 Å². The van der Waals surface area contributed by atoms with Crippen molar-refractivity contribution in [2.45, 2.75) is 38.6 Å². The van der Waals surface area contributed by atoms with Gasteiger partial charge in [0, 0.05) is 28.7 Å². The average Bonchev–Trinajstić information content (AvgIpc) is 3.18. The van der Waals surface area contributed by atoms with Crippen LogP contribution in [0.4, 0.5) is 5.82 Å². The molecule has 0 atom stereocenters. The smallest absolute Gasteiger partial charge is 0.298 e.